The fraction of sp³-hybridized carbons (Fsp3) is 0.0833. The van der Waals surface area contributed by atoms with E-state index in [9.17, 15) is 0 Å². The maximum atomic E-state index is 5.78. The van der Waals surface area contributed by atoms with Gasteiger partial charge in [0, 0.05) is 12.1 Å². The average Bonchev–Trinajstić information content (AvgIpc) is 2.80. The predicted octanol–water partition coefficient (Wildman–Crippen LogP) is 5.43. The van der Waals surface area contributed by atoms with E-state index in [2.05, 4.69) is 9.97 Å². The highest BCUT2D eigenvalue weighted by molar-refractivity contribution is 5.31. The molecule has 2 aromatic carbocycles. The third-order valence-electron chi connectivity index (χ3n) is 4.11. The van der Waals surface area contributed by atoms with Crippen LogP contribution in [0.3, 0.4) is 0 Å². The van der Waals surface area contributed by atoms with Crippen LogP contribution in [0.25, 0.3) is 0 Å². The fourth-order valence-corrected chi connectivity index (χ4v) is 2.62. The lowest BCUT2D eigenvalue weighted by Crippen LogP contribution is -1.97. The van der Waals surface area contributed by atoms with Crippen LogP contribution in [0.4, 0.5) is 0 Å². The summed E-state index contributed by atoms with van der Waals surface area (Å²) in [7, 11) is 0. The zero-order valence-electron chi connectivity index (χ0n) is 15.8. The molecule has 4 rings (SSSR count). The second-order valence-electron chi connectivity index (χ2n) is 6.31. The Labute approximate surface area is 169 Å². The summed E-state index contributed by atoms with van der Waals surface area (Å²) in [5, 5.41) is 0. The van der Waals surface area contributed by atoms with Gasteiger partial charge in [-0.05, 0) is 23.3 Å². The van der Waals surface area contributed by atoms with Crippen LogP contribution < -0.4 is 14.2 Å². The van der Waals surface area contributed by atoms with Gasteiger partial charge in [-0.2, -0.15) is 0 Å². The molecule has 29 heavy (non-hydrogen) atoms. The maximum Gasteiger partial charge on any atom is 0.213 e. The monoisotopic (exact) mass is 384 g/mol. The van der Waals surface area contributed by atoms with Gasteiger partial charge in [0.25, 0.3) is 0 Å². The second kappa shape index (κ2) is 9.37. The molecule has 0 radical (unpaired) electrons. The van der Waals surface area contributed by atoms with E-state index in [4.69, 9.17) is 14.2 Å². The molecule has 0 unspecified atom stereocenters. The molecular formula is C24H20N2O3. The van der Waals surface area contributed by atoms with Crippen LogP contribution in [0.15, 0.2) is 97.3 Å². The van der Waals surface area contributed by atoms with E-state index in [1.165, 1.54) is 0 Å². The topological polar surface area (TPSA) is 53.5 Å². The number of benzene rings is 2. The quantitative estimate of drug-likeness (QED) is 0.406. The molecule has 0 saturated carbocycles. The van der Waals surface area contributed by atoms with E-state index in [1.54, 1.807) is 24.5 Å². The van der Waals surface area contributed by atoms with E-state index < -0.39 is 0 Å². The van der Waals surface area contributed by atoms with Gasteiger partial charge in [-0.1, -0.05) is 60.7 Å². The molecule has 0 fully saturated rings. The van der Waals surface area contributed by atoms with Crippen LogP contribution in [0.1, 0.15) is 11.1 Å². The number of ether oxygens (including phenoxy) is 3. The molecule has 0 bridgehead atoms. The molecule has 0 aliphatic carbocycles. The molecule has 0 N–H and O–H groups in total. The first-order valence-corrected chi connectivity index (χ1v) is 9.28. The van der Waals surface area contributed by atoms with Gasteiger partial charge in [-0.15, -0.1) is 0 Å². The molecule has 144 valence electrons. The van der Waals surface area contributed by atoms with Crippen molar-refractivity contribution in [2.75, 3.05) is 0 Å². The summed E-state index contributed by atoms with van der Waals surface area (Å²) in [6, 6.07) is 27.1. The molecule has 2 heterocycles. The molecule has 5 nitrogen and oxygen atoms in total. The van der Waals surface area contributed by atoms with Crippen molar-refractivity contribution in [2.45, 2.75) is 13.2 Å². The summed E-state index contributed by atoms with van der Waals surface area (Å²) >= 11 is 0. The molecule has 0 aliphatic heterocycles. The van der Waals surface area contributed by atoms with Gasteiger partial charge in [0.05, 0.1) is 12.4 Å². The highest BCUT2D eigenvalue weighted by atomic mass is 16.5. The zero-order chi connectivity index (χ0) is 19.7. The molecule has 4 aromatic rings. The minimum atomic E-state index is 0.475. The standard InChI is InChI=1S/C24H20N2O3/c1-3-7-19(8-4-1)17-27-23-13-11-21(15-25-23)29-22-12-14-24(26-16-22)28-18-20-9-5-2-6-10-20/h1-16H,17-18H2. The summed E-state index contributed by atoms with van der Waals surface area (Å²) in [5.41, 5.74) is 2.19. The Morgan fingerprint density at radius 2 is 0.966 bits per heavy atom. The third-order valence-corrected chi connectivity index (χ3v) is 4.11. The van der Waals surface area contributed by atoms with Crippen LogP contribution in [0, 0.1) is 0 Å². The normalized spacial score (nSPS) is 10.3. The number of rotatable bonds is 8. The van der Waals surface area contributed by atoms with Gasteiger partial charge >= 0.3 is 0 Å². The van der Waals surface area contributed by atoms with E-state index in [0.717, 1.165) is 11.1 Å². The van der Waals surface area contributed by atoms with Gasteiger partial charge in [0.15, 0.2) is 0 Å². The molecule has 0 atom stereocenters. The van der Waals surface area contributed by atoms with Crippen LogP contribution in [-0.4, -0.2) is 9.97 Å². The number of pyridine rings is 2. The van der Waals surface area contributed by atoms with Crippen molar-refractivity contribution in [2.24, 2.45) is 0 Å². The molecule has 0 amide bonds. The predicted molar refractivity (Wildman–Crippen MR) is 110 cm³/mol. The zero-order valence-corrected chi connectivity index (χ0v) is 15.8. The number of hydrogen-bond donors (Lipinski definition) is 0. The molecule has 0 saturated heterocycles. The lowest BCUT2D eigenvalue weighted by molar-refractivity contribution is 0.292. The largest absolute Gasteiger partial charge is 0.473 e. The highest BCUT2D eigenvalue weighted by Crippen LogP contribution is 2.23. The van der Waals surface area contributed by atoms with Crippen LogP contribution in [-0.2, 0) is 13.2 Å². The average molecular weight is 384 g/mol. The van der Waals surface area contributed by atoms with Crippen molar-refractivity contribution in [3.63, 3.8) is 0 Å². The SMILES string of the molecule is c1ccc(COc2ccc(Oc3ccc(OCc4ccccc4)nc3)cn2)cc1. The van der Waals surface area contributed by atoms with Crippen molar-refractivity contribution in [1.29, 1.82) is 0 Å². The van der Waals surface area contributed by atoms with Crippen LogP contribution in [0.2, 0.25) is 0 Å². The van der Waals surface area contributed by atoms with Crippen LogP contribution >= 0.6 is 0 Å². The number of hydrogen-bond acceptors (Lipinski definition) is 5. The van der Waals surface area contributed by atoms with Crippen molar-refractivity contribution in [3.05, 3.63) is 108 Å². The maximum absolute atomic E-state index is 5.78. The Kier molecular flexibility index (Phi) is 5.98. The summed E-state index contributed by atoms with van der Waals surface area (Å²) in [5.74, 6) is 2.31. The lowest BCUT2D eigenvalue weighted by atomic mass is 10.2. The molecular weight excluding hydrogens is 364 g/mol. The van der Waals surface area contributed by atoms with E-state index in [1.807, 2.05) is 72.8 Å². The summed E-state index contributed by atoms with van der Waals surface area (Å²) < 4.78 is 17.1. The Hall–Kier alpha value is -3.86. The van der Waals surface area contributed by atoms with Crippen molar-refractivity contribution in [3.8, 4) is 23.3 Å². The summed E-state index contributed by atoms with van der Waals surface area (Å²) in [6.45, 7) is 0.949. The summed E-state index contributed by atoms with van der Waals surface area (Å²) in [4.78, 5) is 8.56. The van der Waals surface area contributed by atoms with Gasteiger partial charge in [-0.25, -0.2) is 9.97 Å². The van der Waals surface area contributed by atoms with Crippen molar-refractivity contribution < 1.29 is 14.2 Å². The second-order valence-corrected chi connectivity index (χ2v) is 6.31. The third kappa shape index (κ3) is 5.56. The Balaban J connectivity index is 1.28. The molecule has 5 heteroatoms. The van der Waals surface area contributed by atoms with Gasteiger partial charge in [-0.3, -0.25) is 0 Å². The van der Waals surface area contributed by atoms with Gasteiger partial charge in [0.2, 0.25) is 11.8 Å². The minimum absolute atomic E-state index is 0.475. The fourth-order valence-electron chi connectivity index (χ4n) is 2.62. The Morgan fingerprint density at radius 3 is 1.34 bits per heavy atom. The van der Waals surface area contributed by atoms with Crippen LogP contribution in [0.5, 0.6) is 23.3 Å². The van der Waals surface area contributed by atoms with Crippen molar-refractivity contribution >= 4 is 0 Å². The Morgan fingerprint density at radius 1 is 0.517 bits per heavy atom. The van der Waals surface area contributed by atoms with E-state index in [-0.39, 0.29) is 0 Å². The number of aromatic nitrogens is 2. The van der Waals surface area contributed by atoms with Crippen molar-refractivity contribution in [1.82, 2.24) is 9.97 Å². The molecule has 0 aliphatic rings. The smallest absolute Gasteiger partial charge is 0.213 e. The first kappa shape index (κ1) is 18.5. The first-order valence-electron chi connectivity index (χ1n) is 9.28. The summed E-state index contributed by atoms with van der Waals surface area (Å²) in [6.07, 6.45) is 3.25. The number of nitrogens with zero attached hydrogens (tertiary/aromatic N) is 2. The molecule has 2 aromatic heterocycles. The van der Waals surface area contributed by atoms with E-state index in [0.29, 0.717) is 36.5 Å². The molecule has 0 spiro atoms. The first-order chi connectivity index (χ1) is 14.3. The lowest BCUT2D eigenvalue weighted by Gasteiger charge is -2.09. The van der Waals surface area contributed by atoms with E-state index >= 15 is 0 Å². The minimum Gasteiger partial charge on any atom is -0.473 e. The highest BCUT2D eigenvalue weighted by Gasteiger charge is 2.03. The van der Waals surface area contributed by atoms with Gasteiger partial charge < -0.3 is 14.2 Å². The Bertz CT molecular complexity index is 920. The van der Waals surface area contributed by atoms with Gasteiger partial charge in [0.1, 0.15) is 24.7 Å².